The minimum atomic E-state index is -4.01. The summed E-state index contributed by atoms with van der Waals surface area (Å²) in [4.78, 5) is 38.4. The summed E-state index contributed by atoms with van der Waals surface area (Å²) in [7, 11) is 0. The van der Waals surface area contributed by atoms with Crippen LogP contribution >= 0.6 is 0 Å². The molecule has 0 aromatic carbocycles. The van der Waals surface area contributed by atoms with Crippen molar-refractivity contribution < 1.29 is 48.0 Å². The molecular weight excluding hydrogens is 462 g/mol. The maximum absolute atomic E-state index is 15.0. The molecule has 1 saturated heterocycles. The van der Waals surface area contributed by atoms with Gasteiger partial charge in [-0.2, -0.15) is 4.39 Å². The van der Waals surface area contributed by atoms with E-state index in [1.165, 1.54) is 0 Å². The number of aliphatic hydroxyl groups is 2. The highest BCUT2D eigenvalue weighted by Gasteiger charge is 2.63. The molecule has 0 radical (unpaired) electrons. The van der Waals surface area contributed by atoms with Crippen molar-refractivity contribution in [2.24, 2.45) is 16.5 Å². The number of esters is 1. The number of guanidine groups is 1. The highest BCUT2D eigenvalue weighted by molar-refractivity contribution is 5.79. The largest absolute Gasteiger partial charge is 0.477 e. The van der Waals surface area contributed by atoms with Crippen molar-refractivity contribution in [2.75, 3.05) is 6.61 Å². The minimum Gasteiger partial charge on any atom is -0.477 e. The maximum atomic E-state index is 15.0. The van der Waals surface area contributed by atoms with Crippen LogP contribution in [0.15, 0.2) is 4.99 Å². The van der Waals surface area contributed by atoms with Gasteiger partial charge in [0.2, 0.25) is 5.91 Å². The summed E-state index contributed by atoms with van der Waals surface area (Å²) in [5, 5.41) is 32.2. The number of rotatable bonds is 13. The fraction of sp³-hybridized carbons (Fsp3) is 0.800. The molecule has 34 heavy (non-hydrogen) atoms. The van der Waals surface area contributed by atoms with Crippen LogP contribution in [-0.4, -0.2) is 88.2 Å². The van der Waals surface area contributed by atoms with E-state index in [2.05, 4.69) is 10.3 Å². The molecule has 1 aliphatic heterocycles. The van der Waals surface area contributed by atoms with Crippen molar-refractivity contribution in [3.05, 3.63) is 0 Å². The van der Waals surface area contributed by atoms with Crippen molar-refractivity contribution >= 4 is 23.8 Å². The van der Waals surface area contributed by atoms with E-state index in [1.54, 1.807) is 0 Å². The molecule has 14 heteroatoms. The van der Waals surface area contributed by atoms with Crippen LogP contribution in [0.4, 0.5) is 8.78 Å². The zero-order chi connectivity index (χ0) is 26.1. The number of aliphatic imine (C=N–C) groups is 1. The van der Waals surface area contributed by atoms with Crippen LogP contribution < -0.4 is 16.8 Å². The molecule has 0 spiro atoms. The molecule has 0 aliphatic carbocycles. The second-order valence-corrected chi connectivity index (χ2v) is 8.11. The van der Waals surface area contributed by atoms with Gasteiger partial charge in [0.05, 0.1) is 6.04 Å². The SMILES string of the molecule is CCCCCCCC(=O)OCC(O)C(O)C1OC(F)(C(=O)O)C(F)C(N=C(N)N)C1NC(C)=O. The number of hydrogen-bond donors (Lipinski definition) is 6. The number of alkyl halides is 2. The summed E-state index contributed by atoms with van der Waals surface area (Å²) >= 11 is 0. The third-order valence-corrected chi connectivity index (χ3v) is 5.27. The fourth-order valence-electron chi connectivity index (χ4n) is 3.54. The van der Waals surface area contributed by atoms with E-state index in [0.717, 1.165) is 32.6 Å². The topological polar surface area (TPSA) is 207 Å². The van der Waals surface area contributed by atoms with Gasteiger partial charge in [-0.1, -0.05) is 32.6 Å². The van der Waals surface area contributed by atoms with Gasteiger partial charge in [0.1, 0.15) is 31.0 Å². The number of hydrogen-bond acceptors (Lipinski definition) is 8. The molecule has 1 heterocycles. The maximum Gasteiger partial charge on any atom is 0.372 e. The lowest BCUT2D eigenvalue weighted by atomic mass is 9.86. The number of nitrogens with one attached hydrogen (secondary N) is 1. The lowest BCUT2D eigenvalue weighted by Crippen LogP contribution is -2.71. The number of carbonyl (C=O) groups excluding carboxylic acids is 2. The van der Waals surface area contributed by atoms with Crippen LogP contribution in [0.5, 0.6) is 0 Å². The number of nitrogens with two attached hydrogens (primary N) is 2. The Hall–Kier alpha value is -2.58. The lowest BCUT2D eigenvalue weighted by Gasteiger charge is -2.45. The summed E-state index contributed by atoms with van der Waals surface area (Å²) in [5.41, 5.74) is 10.5. The number of aliphatic carboxylic acids is 1. The van der Waals surface area contributed by atoms with Gasteiger partial charge in [0.15, 0.2) is 12.1 Å². The first-order chi connectivity index (χ1) is 15.8. The van der Waals surface area contributed by atoms with E-state index in [-0.39, 0.29) is 6.42 Å². The Balaban J connectivity index is 3.00. The van der Waals surface area contributed by atoms with Crippen LogP contribution in [0.25, 0.3) is 0 Å². The van der Waals surface area contributed by atoms with Crippen molar-refractivity contribution in [3.8, 4) is 0 Å². The number of carbonyl (C=O) groups is 3. The first-order valence-corrected chi connectivity index (χ1v) is 11.0. The van der Waals surface area contributed by atoms with Crippen LogP contribution in [-0.2, 0) is 23.9 Å². The number of halogens is 2. The zero-order valence-electron chi connectivity index (χ0n) is 19.2. The first-order valence-electron chi connectivity index (χ1n) is 11.0. The number of unbranched alkanes of at least 4 members (excludes halogenated alkanes) is 4. The van der Waals surface area contributed by atoms with Gasteiger partial charge in [-0.3, -0.25) is 9.59 Å². The quantitative estimate of drug-likeness (QED) is 0.0813. The highest BCUT2D eigenvalue weighted by Crippen LogP contribution is 2.37. The molecule has 0 saturated carbocycles. The lowest BCUT2D eigenvalue weighted by molar-refractivity contribution is -0.276. The number of aliphatic hydroxyl groups excluding tert-OH is 2. The molecule has 196 valence electrons. The van der Waals surface area contributed by atoms with E-state index >= 15 is 0 Å². The third-order valence-electron chi connectivity index (χ3n) is 5.27. The van der Waals surface area contributed by atoms with E-state index in [0.29, 0.717) is 6.42 Å². The van der Waals surface area contributed by atoms with Crippen molar-refractivity contribution in [2.45, 2.75) is 94.8 Å². The van der Waals surface area contributed by atoms with Crippen molar-refractivity contribution in [1.29, 1.82) is 0 Å². The van der Waals surface area contributed by atoms with Gasteiger partial charge in [0, 0.05) is 13.3 Å². The Labute approximate surface area is 195 Å². The van der Waals surface area contributed by atoms with Crippen LogP contribution in [0.1, 0.15) is 52.4 Å². The zero-order valence-corrected chi connectivity index (χ0v) is 19.2. The Morgan fingerprint density at radius 3 is 2.35 bits per heavy atom. The smallest absolute Gasteiger partial charge is 0.372 e. The molecule has 0 aromatic rings. The van der Waals surface area contributed by atoms with Crippen LogP contribution in [0, 0.1) is 0 Å². The molecule has 0 aromatic heterocycles. The average Bonchev–Trinajstić information content (AvgIpc) is 2.75. The molecule has 7 atom stereocenters. The molecule has 1 fully saturated rings. The predicted molar refractivity (Wildman–Crippen MR) is 115 cm³/mol. The second kappa shape index (κ2) is 13.3. The summed E-state index contributed by atoms with van der Waals surface area (Å²) in [6.45, 7) is 2.31. The van der Waals surface area contributed by atoms with Crippen LogP contribution in [0.2, 0.25) is 0 Å². The predicted octanol–water partition coefficient (Wildman–Crippen LogP) is -0.754. The Kier molecular flexibility index (Phi) is 11.6. The standard InChI is InChI=1S/C20H34F2N4O8/c1-3-4-5-6-7-8-12(29)33-9-11(28)15(30)16-13(25-10(2)27)14(26-19(23)24)17(21)20(22,34-16)18(31)32/h11,13-17,28,30H,3-9H2,1-2H3,(H,25,27)(H,31,32)(H4,23,24,26). The Morgan fingerprint density at radius 2 is 1.82 bits per heavy atom. The normalized spacial score (nSPS) is 28.4. The number of amides is 1. The van der Waals surface area contributed by atoms with Gasteiger partial charge < -0.3 is 41.6 Å². The van der Waals surface area contributed by atoms with Crippen LogP contribution in [0.3, 0.4) is 0 Å². The molecule has 1 rings (SSSR count). The molecule has 0 bridgehead atoms. The summed E-state index contributed by atoms with van der Waals surface area (Å²) < 4.78 is 39.4. The van der Waals surface area contributed by atoms with Gasteiger partial charge >= 0.3 is 17.8 Å². The van der Waals surface area contributed by atoms with Gasteiger partial charge in [0.25, 0.3) is 0 Å². The fourth-order valence-corrected chi connectivity index (χ4v) is 3.54. The van der Waals surface area contributed by atoms with E-state index in [9.17, 15) is 38.5 Å². The number of nitrogens with zero attached hydrogens (tertiary/aromatic N) is 1. The summed E-state index contributed by atoms with van der Waals surface area (Å²) in [6, 6.07) is -3.71. The van der Waals surface area contributed by atoms with Gasteiger partial charge in [-0.05, 0) is 6.42 Å². The van der Waals surface area contributed by atoms with Gasteiger partial charge in [-0.25, -0.2) is 14.2 Å². The molecule has 1 amide bonds. The van der Waals surface area contributed by atoms with E-state index in [1.807, 2.05) is 6.92 Å². The Morgan fingerprint density at radius 1 is 1.21 bits per heavy atom. The average molecular weight is 497 g/mol. The second-order valence-electron chi connectivity index (χ2n) is 8.11. The third kappa shape index (κ3) is 8.02. The van der Waals surface area contributed by atoms with Crippen molar-refractivity contribution in [3.63, 3.8) is 0 Å². The molecule has 1 aliphatic rings. The molecule has 7 unspecified atom stereocenters. The first kappa shape index (κ1) is 29.5. The van der Waals surface area contributed by atoms with Gasteiger partial charge in [-0.15, -0.1) is 0 Å². The summed E-state index contributed by atoms with van der Waals surface area (Å²) in [5.74, 6) is -8.59. The summed E-state index contributed by atoms with van der Waals surface area (Å²) in [6.07, 6.45) is -4.59. The highest BCUT2D eigenvalue weighted by atomic mass is 19.2. The molecule has 12 nitrogen and oxygen atoms in total. The van der Waals surface area contributed by atoms with E-state index < -0.39 is 72.8 Å². The Bertz CT molecular complexity index is 739. The number of carboxylic acid groups (broad SMARTS) is 1. The minimum absolute atomic E-state index is 0.0731. The molecular formula is C20H34F2N4O8. The van der Waals surface area contributed by atoms with Crippen molar-refractivity contribution in [1.82, 2.24) is 5.32 Å². The number of ether oxygens (including phenoxy) is 2. The molecule has 8 N–H and O–H groups in total. The monoisotopic (exact) mass is 496 g/mol. The number of carboxylic acids is 1. The van der Waals surface area contributed by atoms with E-state index in [4.69, 9.17) is 20.9 Å².